The molecule has 0 aliphatic heterocycles. The number of benzene rings is 2. The maximum absolute atomic E-state index is 12.7. The number of nitrogens with zero attached hydrogens (tertiary/aromatic N) is 4. The first-order chi connectivity index (χ1) is 16.4. The molecular weight excluding hydrogens is 434 g/mol. The normalized spacial score (nSPS) is 10.7. The van der Waals surface area contributed by atoms with E-state index >= 15 is 0 Å². The van der Waals surface area contributed by atoms with Gasteiger partial charge in [-0.1, -0.05) is 35.9 Å². The lowest BCUT2D eigenvalue weighted by Crippen LogP contribution is -2.22. The van der Waals surface area contributed by atoms with E-state index in [1.165, 1.54) is 4.68 Å². The predicted octanol–water partition coefficient (Wildman–Crippen LogP) is 3.87. The summed E-state index contributed by atoms with van der Waals surface area (Å²) in [4.78, 5) is 25.1. The topological polar surface area (TPSA) is 100 Å². The Morgan fingerprint density at radius 3 is 2.41 bits per heavy atom. The molecule has 4 aromatic rings. The molecule has 1 amide bonds. The van der Waals surface area contributed by atoms with Crippen molar-refractivity contribution in [3.05, 3.63) is 83.8 Å². The third-order valence-corrected chi connectivity index (χ3v) is 4.91. The van der Waals surface area contributed by atoms with Gasteiger partial charge >= 0.3 is 5.97 Å². The summed E-state index contributed by atoms with van der Waals surface area (Å²) in [5.74, 6) is -0.364. The first-order valence-corrected chi connectivity index (χ1v) is 10.8. The van der Waals surface area contributed by atoms with Crippen molar-refractivity contribution in [2.45, 2.75) is 20.8 Å². The van der Waals surface area contributed by atoms with Crippen LogP contribution in [-0.2, 0) is 9.53 Å². The molecule has 2 aromatic carbocycles. The van der Waals surface area contributed by atoms with E-state index in [2.05, 4.69) is 15.5 Å². The Morgan fingerprint density at radius 2 is 1.71 bits per heavy atom. The Kier molecular flexibility index (Phi) is 6.72. The van der Waals surface area contributed by atoms with E-state index in [0.717, 1.165) is 22.6 Å². The molecule has 0 bridgehead atoms. The molecule has 0 fully saturated rings. The number of hydrogen-bond donors (Lipinski definition) is 1. The van der Waals surface area contributed by atoms with Crippen LogP contribution in [0.3, 0.4) is 0 Å². The number of amides is 1. The second-order valence-corrected chi connectivity index (χ2v) is 7.60. The molecule has 9 heteroatoms. The van der Waals surface area contributed by atoms with E-state index in [4.69, 9.17) is 9.47 Å². The zero-order valence-electron chi connectivity index (χ0n) is 19.2. The fourth-order valence-corrected chi connectivity index (χ4v) is 3.31. The second-order valence-electron chi connectivity index (χ2n) is 7.60. The van der Waals surface area contributed by atoms with E-state index in [9.17, 15) is 9.59 Å². The molecule has 2 heterocycles. The average molecular weight is 460 g/mol. The number of aryl methyl sites for hydroxylation is 2. The van der Waals surface area contributed by atoms with Gasteiger partial charge in [0.1, 0.15) is 5.82 Å². The number of anilines is 1. The maximum Gasteiger partial charge on any atom is 0.362 e. The second kappa shape index (κ2) is 10.0. The van der Waals surface area contributed by atoms with Crippen LogP contribution in [0.1, 0.15) is 28.7 Å². The zero-order chi connectivity index (χ0) is 24.1. The SMILES string of the molecule is CCOC(=O)c1nn(-c2ccccc2)cc1OCC(=O)Nc1cc(C)nn1-c1ccc(C)cc1. The number of carbonyl (C=O) groups is 2. The third kappa shape index (κ3) is 5.15. The Morgan fingerprint density at radius 1 is 0.971 bits per heavy atom. The lowest BCUT2D eigenvalue weighted by Gasteiger charge is -2.10. The summed E-state index contributed by atoms with van der Waals surface area (Å²) in [5, 5.41) is 11.6. The van der Waals surface area contributed by atoms with Gasteiger partial charge in [-0.05, 0) is 45.0 Å². The largest absolute Gasteiger partial charge is 0.480 e. The van der Waals surface area contributed by atoms with Gasteiger partial charge in [0, 0.05) is 6.07 Å². The van der Waals surface area contributed by atoms with Crippen molar-refractivity contribution in [2.24, 2.45) is 0 Å². The molecule has 34 heavy (non-hydrogen) atoms. The molecule has 4 rings (SSSR count). The lowest BCUT2D eigenvalue weighted by molar-refractivity contribution is -0.118. The third-order valence-electron chi connectivity index (χ3n) is 4.91. The van der Waals surface area contributed by atoms with Gasteiger partial charge in [-0.15, -0.1) is 0 Å². The molecule has 9 nitrogen and oxygen atoms in total. The van der Waals surface area contributed by atoms with Crippen molar-refractivity contribution in [1.82, 2.24) is 19.6 Å². The summed E-state index contributed by atoms with van der Waals surface area (Å²) in [6, 6.07) is 18.8. The number of para-hydroxylation sites is 1. The fraction of sp³-hybridized carbons (Fsp3) is 0.200. The molecule has 2 aromatic heterocycles. The van der Waals surface area contributed by atoms with Crippen LogP contribution in [0.5, 0.6) is 5.75 Å². The van der Waals surface area contributed by atoms with E-state index in [1.54, 1.807) is 23.9 Å². The molecule has 0 radical (unpaired) electrons. The standard InChI is InChI=1S/C25H25N5O4/c1-4-33-25(32)24-21(15-29(28-24)19-8-6-5-7-9-19)34-16-23(31)26-22-14-18(3)27-30(22)20-12-10-17(2)11-13-20/h5-15H,4,16H2,1-3H3,(H,26,31). The monoisotopic (exact) mass is 459 g/mol. The van der Waals surface area contributed by atoms with Gasteiger partial charge in [-0.3, -0.25) is 4.79 Å². The van der Waals surface area contributed by atoms with Crippen molar-refractivity contribution < 1.29 is 19.1 Å². The van der Waals surface area contributed by atoms with Crippen LogP contribution >= 0.6 is 0 Å². The van der Waals surface area contributed by atoms with Crippen molar-refractivity contribution in [3.8, 4) is 17.1 Å². The minimum Gasteiger partial charge on any atom is -0.480 e. The average Bonchev–Trinajstić information content (AvgIpc) is 3.42. The number of hydrogen-bond acceptors (Lipinski definition) is 6. The van der Waals surface area contributed by atoms with Crippen LogP contribution in [0, 0.1) is 13.8 Å². The molecule has 0 saturated heterocycles. The summed E-state index contributed by atoms with van der Waals surface area (Å²) >= 11 is 0. The fourth-order valence-electron chi connectivity index (χ4n) is 3.31. The van der Waals surface area contributed by atoms with Crippen molar-refractivity contribution in [3.63, 3.8) is 0 Å². The van der Waals surface area contributed by atoms with Gasteiger partial charge in [-0.2, -0.15) is 10.2 Å². The van der Waals surface area contributed by atoms with Crippen LogP contribution < -0.4 is 10.1 Å². The van der Waals surface area contributed by atoms with Crippen LogP contribution in [0.25, 0.3) is 11.4 Å². The zero-order valence-corrected chi connectivity index (χ0v) is 19.2. The predicted molar refractivity (Wildman–Crippen MR) is 127 cm³/mol. The van der Waals surface area contributed by atoms with Gasteiger partial charge in [0.2, 0.25) is 5.69 Å². The molecule has 0 saturated carbocycles. The number of ether oxygens (including phenoxy) is 2. The van der Waals surface area contributed by atoms with E-state index < -0.39 is 11.9 Å². The first kappa shape index (κ1) is 22.8. The van der Waals surface area contributed by atoms with Gasteiger partial charge in [0.05, 0.1) is 29.9 Å². The minimum absolute atomic E-state index is 0.000885. The van der Waals surface area contributed by atoms with Crippen molar-refractivity contribution in [2.75, 3.05) is 18.5 Å². The van der Waals surface area contributed by atoms with Gasteiger partial charge in [0.25, 0.3) is 5.91 Å². The van der Waals surface area contributed by atoms with Crippen LogP contribution in [0.15, 0.2) is 66.9 Å². The summed E-state index contributed by atoms with van der Waals surface area (Å²) in [6.07, 6.45) is 1.55. The number of nitrogens with one attached hydrogen (secondary N) is 1. The minimum atomic E-state index is -0.624. The van der Waals surface area contributed by atoms with E-state index in [1.807, 2.05) is 68.4 Å². The molecule has 174 valence electrons. The molecule has 1 N–H and O–H groups in total. The summed E-state index contributed by atoms with van der Waals surface area (Å²) < 4.78 is 13.9. The van der Waals surface area contributed by atoms with Gasteiger partial charge < -0.3 is 14.8 Å². The molecule has 0 atom stereocenters. The molecular formula is C25H25N5O4. The summed E-state index contributed by atoms with van der Waals surface area (Å²) in [7, 11) is 0. The Balaban J connectivity index is 1.51. The smallest absolute Gasteiger partial charge is 0.362 e. The van der Waals surface area contributed by atoms with Crippen LogP contribution in [-0.4, -0.2) is 44.7 Å². The van der Waals surface area contributed by atoms with E-state index in [0.29, 0.717) is 5.82 Å². The van der Waals surface area contributed by atoms with E-state index in [-0.39, 0.29) is 24.7 Å². The highest BCUT2D eigenvalue weighted by Gasteiger charge is 2.21. The number of carbonyl (C=O) groups excluding carboxylic acids is 2. The Labute approximate surface area is 196 Å². The van der Waals surface area contributed by atoms with Crippen LogP contribution in [0.2, 0.25) is 0 Å². The maximum atomic E-state index is 12.7. The van der Waals surface area contributed by atoms with Gasteiger partial charge in [-0.25, -0.2) is 14.2 Å². The number of esters is 1. The Bertz CT molecular complexity index is 1290. The van der Waals surface area contributed by atoms with Crippen molar-refractivity contribution in [1.29, 1.82) is 0 Å². The quantitative estimate of drug-likeness (QED) is 0.402. The number of aromatic nitrogens is 4. The highest BCUT2D eigenvalue weighted by molar-refractivity contribution is 5.92. The first-order valence-electron chi connectivity index (χ1n) is 10.8. The summed E-state index contributed by atoms with van der Waals surface area (Å²) in [6.45, 7) is 5.42. The molecule has 0 aliphatic carbocycles. The highest BCUT2D eigenvalue weighted by atomic mass is 16.5. The molecule has 0 spiro atoms. The highest BCUT2D eigenvalue weighted by Crippen LogP contribution is 2.22. The number of rotatable bonds is 8. The Hall–Kier alpha value is -4.40. The molecule has 0 aliphatic rings. The van der Waals surface area contributed by atoms with Crippen molar-refractivity contribution >= 4 is 17.7 Å². The van der Waals surface area contributed by atoms with Crippen LogP contribution in [0.4, 0.5) is 5.82 Å². The molecule has 0 unspecified atom stereocenters. The van der Waals surface area contributed by atoms with Gasteiger partial charge in [0.15, 0.2) is 12.4 Å². The summed E-state index contributed by atoms with van der Waals surface area (Å²) in [5.41, 5.74) is 3.44. The lowest BCUT2D eigenvalue weighted by atomic mass is 10.2.